The molecule has 0 amide bonds. The Morgan fingerprint density at radius 3 is 2.61 bits per heavy atom. The van der Waals surface area contributed by atoms with Crippen molar-refractivity contribution in [3.05, 3.63) is 81.8 Å². The second-order valence-electron chi connectivity index (χ2n) is 6.14. The summed E-state index contributed by atoms with van der Waals surface area (Å²) in [5, 5.41) is 7.28. The summed E-state index contributed by atoms with van der Waals surface area (Å²) in [7, 11) is 0. The first-order chi connectivity index (χ1) is 13.6. The molecule has 0 bridgehead atoms. The summed E-state index contributed by atoms with van der Waals surface area (Å²) >= 11 is 1.10. The number of nitrogens with one attached hydrogen (secondary N) is 1. The molecule has 0 atom stereocenters. The van der Waals surface area contributed by atoms with Gasteiger partial charge in [0.1, 0.15) is 17.0 Å². The minimum atomic E-state index is -0.627. The molecule has 1 N–H and O–H groups in total. The minimum Gasteiger partial charge on any atom is -0.268 e. The smallest absolute Gasteiger partial charge is 0.268 e. The second-order valence-corrected chi connectivity index (χ2v) is 7.08. The molecule has 0 fully saturated rings. The Morgan fingerprint density at radius 2 is 1.86 bits per heavy atom. The summed E-state index contributed by atoms with van der Waals surface area (Å²) < 4.78 is 29.5. The number of hydrogen-bond acceptors (Lipinski definition) is 4. The number of aryl methyl sites for hydroxylation is 1. The lowest BCUT2D eigenvalue weighted by molar-refractivity contribution is 0.566. The fraction of sp³-hybridized carbons (Fsp3) is 0.150. The fourth-order valence-electron chi connectivity index (χ4n) is 3.02. The van der Waals surface area contributed by atoms with Gasteiger partial charge in [0, 0.05) is 11.3 Å². The summed E-state index contributed by atoms with van der Waals surface area (Å²) in [6.45, 7) is 2.00. The van der Waals surface area contributed by atoms with Crippen LogP contribution in [0.15, 0.2) is 58.6 Å². The number of thioether (sulfide) groups is 1. The number of halogens is 2. The molecule has 2 aromatic carbocycles. The van der Waals surface area contributed by atoms with E-state index in [1.807, 2.05) is 31.2 Å². The van der Waals surface area contributed by atoms with Gasteiger partial charge in [-0.2, -0.15) is 5.10 Å². The molecule has 0 saturated carbocycles. The van der Waals surface area contributed by atoms with Crippen LogP contribution in [0.4, 0.5) is 8.78 Å². The van der Waals surface area contributed by atoms with Crippen LogP contribution in [0.3, 0.4) is 0 Å². The van der Waals surface area contributed by atoms with E-state index in [9.17, 15) is 13.6 Å². The minimum absolute atomic E-state index is 0.00111. The zero-order chi connectivity index (χ0) is 19.7. The first-order valence-electron chi connectivity index (χ1n) is 8.70. The predicted octanol–water partition coefficient (Wildman–Crippen LogP) is 4.24. The Kier molecular flexibility index (Phi) is 4.95. The van der Waals surface area contributed by atoms with E-state index < -0.39 is 11.6 Å². The van der Waals surface area contributed by atoms with E-state index in [1.165, 1.54) is 29.0 Å². The number of hydrogen-bond donors (Lipinski definition) is 1. The van der Waals surface area contributed by atoms with Crippen molar-refractivity contribution in [2.75, 3.05) is 0 Å². The van der Waals surface area contributed by atoms with Crippen LogP contribution >= 0.6 is 11.8 Å². The van der Waals surface area contributed by atoms with Crippen molar-refractivity contribution in [3.8, 4) is 5.69 Å². The molecular formula is C20H16F2N4OS. The summed E-state index contributed by atoms with van der Waals surface area (Å²) in [6.07, 6.45) is 2.15. The maximum atomic E-state index is 14.0. The number of rotatable bonds is 5. The molecule has 0 aliphatic carbocycles. The number of aromatic amines is 1. The zero-order valence-electron chi connectivity index (χ0n) is 14.9. The van der Waals surface area contributed by atoms with Gasteiger partial charge < -0.3 is 0 Å². The molecule has 142 valence electrons. The lowest BCUT2D eigenvalue weighted by Gasteiger charge is -2.15. The molecule has 0 unspecified atom stereocenters. The average Bonchev–Trinajstić information content (AvgIpc) is 3.17. The molecule has 4 rings (SSSR count). The molecule has 2 aromatic heterocycles. The van der Waals surface area contributed by atoms with Crippen molar-refractivity contribution < 1.29 is 8.78 Å². The first-order valence-corrected chi connectivity index (χ1v) is 9.68. The fourth-order valence-corrected chi connectivity index (χ4v) is 4.03. The largest absolute Gasteiger partial charge is 0.269 e. The number of para-hydroxylation sites is 1. The SMILES string of the molecule is CCc1ccccc1-n1c(SCc2c(F)cccc2F)nc2[nH]ncc2c1=O. The topological polar surface area (TPSA) is 63.6 Å². The molecule has 0 radical (unpaired) electrons. The number of fused-ring (bicyclic) bond motifs is 1. The van der Waals surface area contributed by atoms with Gasteiger partial charge in [-0.1, -0.05) is 43.0 Å². The van der Waals surface area contributed by atoms with Gasteiger partial charge in [-0.25, -0.2) is 13.8 Å². The van der Waals surface area contributed by atoms with Crippen LogP contribution in [0.5, 0.6) is 0 Å². The highest BCUT2D eigenvalue weighted by Gasteiger charge is 2.18. The molecular weight excluding hydrogens is 382 g/mol. The molecule has 4 aromatic rings. The second kappa shape index (κ2) is 7.55. The quantitative estimate of drug-likeness (QED) is 0.403. The van der Waals surface area contributed by atoms with Crippen LogP contribution in [0.1, 0.15) is 18.1 Å². The monoisotopic (exact) mass is 398 g/mol. The normalized spacial score (nSPS) is 11.2. The molecule has 0 aliphatic heterocycles. The van der Waals surface area contributed by atoms with Gasteiger partial charge in [-0.3, -0.25) is 14.5 Å². The summed E-state index contributed by atoms with van der Waals surface area (Å²) in [5.74, 6) is -1.25. The van der Waals surface area contributed by atoms with Crippen LogP contribution in [-0.4, -0.2) is 19.7 Å². The molecule has 0 saturated heterocycles. The molecule has 2 heterocycles. The van der Waals surface area contributed by atoms with Crippen molar-refractivity contribution >= 4 is 22.8 Å². The Morgan fingerprint density at radius 1 is 1.11 bits per heavy atom. The van der Waals surface area contributed by atoms with E-state index in [0.717, 1.165) is 23.7 Å². The lowest BCUT2D eigenvalue weighted by Crippen LogP contribution is -2.22. The van der Waals surface area contributed by atoms with E-state index in [1.54, 1.807) is 0 Å². The lowest BCUT2D eigenvalue weighted by atomic mass is 10.1. The van der Waals surface area contributed by atoms with Gasteiger partial charge in [0.2, 0.25) is 0 Å². The Hall–Kier alpha value is -3.00. The number of H-pyrrole nitrogens is 1. The predicted molar refractivity (Wildman–Crippen MR) is 105 cm³/mol. The molecule has 28 heavy (non-hydrogen) atoms. The highest BCUT2D eigenvalue weighted by atomic mass is 32.2. The van der Waals surface area contributed by atoms with E-state index in [0.29, 0.717) is 21.9 Å². The van der Waals surface area contributed by atoms with Crippen molar-refractivity contribution in [2.24, 2.45) is 0 Å². The number of benzene rings is 2. The van der Waals surface area contributed by atoms with Gasteiger partial charge in [-0.15, -0.1) is 0 Å². The average molecular weight is 398 g/mol. The first kappa shape index (κ1) is 18.4. The van der Waals surface area contributed by atoms with Crippen LogP contribution in [0.2, 0.25) is 0 Å². The van der Waals surface area contributed by atoms with Crippen LogP contribution in [-0.2, 0) is 12.2 Å². The van der Waals surface area contributed by atoms with Crippen molar-refractivity contribution in [1.82, 2.24) is 19.7 Å². The molecule has 0 aliphatic rings. The van der Waals surface area contributed by atoms with Crippen LogP contribution in [0.25, 0.3) is 16.7 Å². The summed E-state index contributed by atoms with van der Waals surface area (Å²) in [5.41, 5.74) is 1.67. The maximum Gasteiger partial charge on any atom is 0.269 e. The van der Waals surface area contributed by atoms with Gasteiger partial charge in [-0.05, 0) is 30.2 Å². The van der Waals surface area contributed by atoms with Gasteiger partial charge >= 0.3 is 0 Å². The summed E-state index contributed by atoms with van der Waals surface area (Å²) in [6, 6.07) is 11.3. The Bertz CT molecular complexity index is 1200. The molecule has 8 heteroatoms. The van der Waals surface area contributed by atoms with E-state index in [2.05, 4.69) is 15.2 Å². The van der Waals surface area contributed by atoms with E-state index in [-0.39, 0.29) is 16.9 Å². The van der Waals surface area contributed by atoms with Gasteiger partial charge in [0.05, 0.1) is 11.9 Å². The Balaban J connectivity index is 1.86. The molecule has 5 nitrogen and oxygen atoms in total. The Labute approximate surface area is 163 Å². The third kappa shape index (κ3) is 3.20. The van der Waals surface area contributed by atoms with Gasteiger partial charge in [0.15, 0.2) is 10.8 Å². The maximum absolute atomic E-state index is 14.0. The number of aromatic nitrogens is 4. The molecule has 0 spiro atoms. The van der Waals surface area contributed by atoms with Crippen LogP contribution in [0, 0.1) is 11.6 Å². The standard InChI is InChI=1S/C20H16F2N4OS/c1-2-12-6-3-4-9-17(12)26-19(27)13-10-23-25-18(13)24-20(26)28-11-14-15(21)7-5-8-16(14)22/h3-10H,2,11H2,1H3,(H,23,25). The third-order valence-electron chi connectivity index (χ3n) is 4.47. The van der Waals surface area contributed by atoms with Crippen LogP contribution < -0.4 is 5.56 Å². The zero-order valence-corrected chi connectivity index (χ0v) is 15.8. The third-order valence-corrected chi connectivity index (χ3v) is 5.44. The highest BCUT2D eigenvalue weighted by Crippen LogP contribution is 2.27. The van der Waals surface area contributed by atoms with Crippen molar-refractivity contribution in [3.63, 3.8) is 0 Å². The van der Waals surface area contributed by atoms with Gasteiger partial charge in [0.25, 0.3) is 5.56 Å². The van der Waals surface area contributed by atoms with Crippen molar-refractivity contribution in [2.45, 2.75) is 24.3 Å². The highest BCUT2D eigenvalue weighted by molar-refractivity contribution is 7.98. The summed E-state index contributed by atoms with van der Waals surface area (Å²) in [4.78, 5) is 17.6. The van der Waals surface area contributed by atoms with Crippen molar-refractivity contribution in [1.29, 1.82) is 0 Å². The number of nitrogens with zero attached hydrogens (tertiary/aromatic N) is 3. The van der Waals surface area contributed by atoms with E-state index >= 15 is 0 Å². The van der Waals surface area contributed by atoms with E-state index in [4.69, 9.17) is 0 Å².